The van der Waals surface area contributed by atoms with E-state index < -0.39 is 17.5 Å². The van der Waals surface area contributed by atoms with Gasteiger partial charge in [0.15, 0.2) is 11.6 Å². The van der Waals surface area contributed by atoms with Crippen molar-refractivity contribution in [3.8, 4) is 0 Å². The van der Waals surface area contributed by atoms with Crippen LogP contribution in [0.5, 0.6) is 0 Å². The number of rotatable bonds is 3. The zero-order chi connectivity index (χ0) is 13.0. The van der Waals surface area contributed by atoms with E-state index in [0.717, 1.165) is 32.0 Å². The Morgan fingerprint density at radius 1 is 1.33 bits per heavy atom. The highest BCUT2D eigenvalue weighted by molar-refractivity contribution is 5.94. The molecule has 1 heterocycles. The van der Waals surface area contributed by atoms with Gasteiger partial charge in [-0.1, -0.05) is 6.07 Å². The van der Waals surface area contributed by atoms with Crippen molar-refractivity contribution < 1.29 is 13.6 Å². The molecule has 3 nitrogen and oxygen atoms in total. The number of hydrogen-bond donors (Lipinski definition) is 2. The fourth-order valence-electron chi connectivity index (χ4n) is 2.10. The van der Waals surface area contributed by atoms with E-state index in [1.165, 1.54) is 12.1 Å². The monoisotopic (exact) mass is 254 g/mol. The first-order valence-corrected chi connectivity index (χ1v) is 6.11. The summed E-state index contributed by atoms with van der Waals surface area (Å²) in [5.41, 5.74) is -0.232. The largest absolute Gasteiger partial charge is 0.352 e. The number of amides is 1. The zero-order valence-corrected chi connectivity index (χ0v) is 10.0. The van der Waals surface area contributed by atoms with Gasteiger partial charge in [-0.05, 0) is 44.0 Å². The molecule has 18 heavy (non-hydrogen) atoms. The number of piperidine rings is 1. The van der Waals surface area contributed by atoms with Crippen molar-refractivity contribution in [1.29, 1.82) is 0 Å². The predicted octanol–water partition coefficient (Wildman–Crippen LogP) is 1.69. The standard InChI is InChI=1S/C13H16F2N2O/c14-11-3-1-2-10(12(11)15)13(18)17-8-9-4-6-16-7-5-9/h1-3,9,16H,4-8H2,(H,17,18). The summed E-state index contributed by atoms with van der Waals surface area (Å²) >= 11 is 0. The van der Waals surface area contributed by atoms with Crippen molar-refractivity contribution in [2.75, 3.05) is 19.6 Å². The molecule has 0 aromatic heterocycles. The minimum absolute atomic E-state index is 0.232. The maximum Gasteiger partial charge on any atom is 0.254 e. The second kappa shape index (κ2) is 5.91. The lowest BCUT2D eigenvalue weighted by Gasteiger charge is -2.22. The van der Waals surface area contributed by atoms with E-state index >= 15 is 0 Å². The van der Waals surface area contributed by atoms with Crippen LogP contribution >= 0.6 is 0 Å². The highest BCUT2D eigenvalue weighted by Crippen LogP contribution is 2.13. The highest BCUT2D eigenvalue weighted by Gasteiger charge is 2.17. The molecular weight excluding hydrogens is 238 g/mol. The predicted molar refractivity (Wildman–Crippen MR) is 64.3 cm³/mol. The van der Waals surface area contributed by atoms with Crippen molar-refractivity contribution in [1.82, 2.24) is 10.6 Å². The van der Waals surface area contributed by atoms with E-state index in [-0.39, 0.29) is 5.56 Å². The van der Waals surface area contributed by atoms with Gasteiger partial charge in [0.1, 0.15) is 0 Å². The molecule has 1 amide bonds. The van der Waals surface area contributed by atoms with Gasteiger partial charge in [0, 0.05) is 6.54 Å². The number of hydrogen-bond acceptors (Lipinski definition) is 2. The summed E-state index contributed by atoms with van der Waals surface area (Å²) in [5.74, 6) is -2.22. The average molecular weight is 254 g/mol. The topological polar surface area (TPSA) is 41.1 Å². The van der Waals surface area contributed by atoms with Gasteiger partial charge in [-0.2, -0.15) is 0 Å². The third-order valence-corrected chi connectivity index (χ3v) is 3.21. The fourth-order valence-corrected chi connectivity index (χ4v) is 2.10. The summed E-state index contributed by atoms with van der Waals surface area (Å²) in [6, 6.07) is 3.62. The lowest BCUT2D eigenvalue weighted by Crippen LogP contribution is -2.36. The average Bonchev–Trinajstić information content (AvgIpc) is 2.40. The summed E-state index contributed by atoms with van der Waals surface area (Å²) < 4.78 is 26.3. The van der Waals surface area contributed by atoms with Crippen LogP contribution in [-0.2, 0) is 0 Å². The van der Waals surface area contributed by atoms with Crippen LogP contribution in [0.4, 0.5) is 8.78 Å². The van der Waals surface area contributed by atoms with Crippen LogP contribution in [0.1, 0.15) is 23.2 Å². The Hall–Kier alpha value is -1.49. The molecule has 0 unspecified atom stereocenters. The molecule has 2 N–H and O–H groups in total. The van der Waals surface area contributed by atoms with Crippen molar-refractivity contribution in [2.24, 2.45) is 5.92 Å². The summed E-state index contributed by atoms with van der Waals surface area (Å²) in [4.78, 5) is 11.7. The second-order valence-corrected chi connectivity index (χ2v) is 4.50. The maximum atomic E-state index is 13.4. The first kappa shape index (κ1) is 13.0. The van der Waals surface area contributed by atoms with Crippen LogP contribution in [0.3, 0.4) is 0 Å². The number of carbonyl (C=O) groups excluding carboxylic acids is 1. The van der Waals surface area contributed by atoms with Crippen molar-refractivity contribution >= 4 is 5.91 Å². The van der Waals surface area contributed by atoms with Crippen molar-refractivity contribution in [2.45, 2.75) is 12.8 Å². The van der Waals surface area contributed by atoms with E-state index in [4.69, 9.17) is 0 Å². The SMILES string of the molecule is O=C(NCC1CCNCC1)c1cccc(F)c1F. The molecule has 98 valence electrons. The Balaban J connectivity index is 1.93. The molecule has 1 aromatic carbocycles. The van der Waals surface area contributed by atoms with Crippen LogP contribution in [0, 0.1) is 17.6 Å². The fraction of sp³-hybridized carbons (Fsp3) is 0.462. The second-order valence-electron chi connectivity index (χ2n) is 4.50. The van der Waals surface area contributed by atoms with Crippen LogP contribution in [0.25, 0.3) is 0 Å². The lowest BCUT2D eigenvalue weighted by atomic mass is 9.98. The highest BCUT2D eigenvalue weighted by atomic mass is 19.2. The smallest absolute Gasteiger partial charge is 0.254 e. The van der Waals surface area contributed by atoms with Gasteiger partial charge in [0.2, 0.25) is 0 Å². The molecule has 0 spiro atoms. The van der Waals surface area contributed by atoms with Gasteiger partial charge in [0.05, 0.1) is 5.56 Å². The van der Waals surface area contributed by atoms with Crippen molar-refractivity contribution in [3.63, 3.8) is 0 Å². The third kappa shape index (κ3) is 3.04. The lowest BCUT2D eigenvalue weighted by molar-refractivity contribution is 0.0939. The number of carbonyl (C=O) groups is 1. The van der Waals surface area contributed by atoms with Gasteiger partial charge in [-0.3, -0.25) is 4.79 Å². The minimum atomic E-state index is -1.08. The Morgan fingerprint density at radius 3 is 2.78 bits per heavy atom. The Bertz CT molecular complexity index is 431. The summed E-state index contributed by atoms with van der Waals surface area (Å²) in [6.07, 6.45) is 1.98. The van der Waals surface area contributed by atoms with Crippen LogP contribution in [0.15, 0.2) is 18.2 Å². The minimum Gasteiger partial charge on any atom is -0.352 e. The molecule has 1 aromatic rings. The van der Waals surface area contributed by atoms with E-state index in [1.807, 2.05) is 0 Å². The molecule has 1 aliphatic heterocycles. The van der Waals surface area contributed by atoms with E-state index in [1.54, 1.807) is 0 Å². The number of nitrogens with one attached hydrogen (secondary N) is 2. The quantitative estimate of drug-likeness (QED) is 0.862. The molecule has 1 aliphatic rings. The van der Waals surface area contributed by atoms with Gasteiger partial charge in [0.25, 0.3) is 5.91 Å². The summed E-state index contributed by atoms with van der Waals surface area (Å²) in [6.45, 7) is 2.39. The molecule has 0 radical (unpaired) electrons. The molecular formula is C13H16F2N2O. The van der Waals surface area contributed by atoms with Crippen LogP contribution in [-0.4, -0.2) is 25.5 Å². The normalized spacial score (nSPS) is 16.6. The molecule has 1 saturated heterocycles. The van der Waals surface area contributed by atoms with E-state index in [9.17, 15) is 13.6 Å². The van der Waals surface area contributed by atoms with E-state index in [2.05, 4.69) is 10.6 Å². The number of benzene rings is 1. The molecule has 0 aliphatic carbocycles. The first-order valence-electron chi connectivity index (χ1n) is 6.11. The Morgan fingerprint density at radius 2 is 2.06 bits per heavy atom. The van der Waals surface area contributed by atoms with Crippen LogP contribution in [0.2, 0.25) is 0 Å². The first-order chi connectivity index (χ1) is 8.68. The van der Waals surface area contributed by atoms with Crippen molar-refractivity contribution in [3.05, 3.63) is 35.4 Å². The number of halogens is 2. The maximum absolute atomic E-state index is 13.4. The van der Waals surface area contributed by atoms with Gasteiger partial charge < -0.3 is 10.6 Å². The molecule has 0 saturated carbocycles. The summed E-state index contributed by atoms with van der Waals surface area (Å²) in [7, 11) is 0. The molecule has 2 rings (SSSR count). The van der Waals surface area contributed by atoms with Gasteiger partial charge in [-0.25, -0.2) is 8.78 Å². The Labute approximate surface area is 105 Å². The third-order valence-electron chi connectivity index (χ3n) is 3.21. The molecule has 0 atom stereocenters. The molecule has 0 bridgehead atoms. The zero-order valence-electron chi connectivity index (χ0n) is 10.0. The molecule has 1 fully saturated rings. The molecule has 5 heteroatoms. The van der Waals surface area contributed by atoms with Crippen LogP contribution < -0.4 is 10.6 Å². The Kier molecular flexibility index (Phi) is 4.25. The van der Waals surface area contributed by atoms with Gasteiger partial charge in [-0.15, -0.1) is 0 Å². The van der Waals surface area contributed by atoms with Gasteiger partial charge >= 0.3 is 0 Å². The van der Waals surface area contributed by atoms with E-state index in [0.29, 0.717) is 12.5 Å². The summed E-state index contributed by atoms with van der Waals surface area (Å²) in [5, 5.41) is 5.89.